The first-order valence-corrected chi connectivity index (χ1v) is 9.03. The summed E-state index contributed by atoms with van der Waals surface area (Å²) in [4.78, 5) is 30.2. The summed E-state index contributed by atoms with van der Waals surface area (Å²) in [7, 11) is 0. The molecular weight excluding hydrogens is 364 g/mol. The van der Waals surface area contributed by atoms with Gasteiger partial charge in [-0.1, -0.05) is 11.6 Å². The van der Waals surface area contributed by atoms with Crippen molar-refractivity contribution >= 4 is 34.8 Å². The van der Waals surface area contributed by atoms with E-state index in [4.69, 9.17) is 16.3 Å². The van der Waals surface area contributed by atoms with Crippen molar-refractivity contribution in [1.29, 1.82) is 0 Å². The van der Waals surface area contributed by atoms with Gasteiger partial charge in [-0.15, -0.1) is 11.3 Å². The molecule has 6 nitrogen and oxygen atoms in total. The van der Waals surface area contributed by atoms with Gasteiger partial charge in [-0.3, -0.25) is 4.79 Å². The standard InChI is InChI=1S/C17H17ClN2O4S/c1-10-15(16(21)20-8-2-3-13(20)17(22)23)25-14(19-10)9-24-12-6-4-11(18)5-7-12/h4-7,13H,2-3,8-9H2,1H3,(H,22,23)/t13-/m1/s1. The van der Waals surface area contributed by atoms with Gasteiger partial charge in [-0.2, -0.15) is 0 Å². The number of aryl methyl sites for hydroxylation is 1. The number of ether oxygens (including phenoxy) is 1. The zero-order valence-corrected chi connectivity index (χ0v) is 15.1. The molecule has 0 radical (unpaired) electrons. The van der Waals surface area contributed by atoms with Gasteiger partial charge in [0.1, 0.15) is 28.3 Å². The fourth-order valence-electron chi connectivity index (χ4n) is 2.79. The zero-order valence-electron chi connectivity index (χ0n) is 13.6. The predicted molar refractivity (Wildman–Crippen MR) is 94.3 cm³/mol. The van der Waals surface area contributed by atoms with Crippen molar-refractivity contribution in [3.05, 3.63) is 44.9 Å². The third kappa shape index (κ3) is 3.93. The lowest BCUT2D eigenvalue weighted by atomic mass is 10.2. The SMILES string of the molecule is Cc1nc(COc2ccc(Cl)cc2)sc1C(=O)N1CCC[C@@H]1C(=O)O. The number of carbonyl (C=O) groups excluding carboxylic acids is 1. The monoisotopic (exact) mass is 380 g/mol. The van der Waals surface area contributed by atoms with E-state index in [0.717, 1.165) is 0 Å². The molecule has 0 saturated carbocycles. The molecule has 1 aliphatic heterocycles. The summed E-state index contributed by atoms with van der Waals surface area (Å²) in [5.41, 5.74) is 0.598. The molecule has 1 fully saturated rings. The highest BCUT2D eigenvalue weighted by atomic mass is 35.5. The number of carboxylic acid groups (broad SMARTS) is 1. The van der Waals surface area contributed by atoms with Crippen molar-refractivity contribution in [3.63, 3.8) is 0 Å². The molecule has 8 heteroatoms. The van der Waals surface area contributed by atoms with E-state index in [1.807, 2.05) is 0 Å². The maximum Gasteiger partial charge on any atom is 0.326 e. The number of aliphatic carboxylic acids is 1. The second kappa shape index (κ2) is 7.41. The molecule has 1 atom stereocenters. The Balaban J connectivity index is 1.70. The van der Waals surface area contributed by atoms with Gasteiger partial charge >= 0.3 is 5.97 Å². The van der Waals surface area contributed by atoms with Crippen molar-refractivity contribution in [1.82, 2.24) is 9.88 Å². The number of rotatable bonds is 5. The Labute approximate surface area is 154 Å². The topological polar surface area (TPSA) is 79.7 Å². The lowest BCUT2D eigenvalue weighted by Gasteiger charge is -2.20. The first-order valence-electron chi connectivity index (χ1n) is 7.84. The number of aromatic nitrogens is 1. The first-order chi connectivity index (χ1) is 12.0. The minimum Gasteiger partial charge on any atom is -0.486 e. The normalized spacial score (nSPS) is 16.9. The second-order valence-corrected chi connectivity index (χ2v) is 7.28. The van der Waals surface area contributed by atoms with Gasteiger partial charge in [0, 0.05) is 11.6 Å². The van der Waals surface area contributed by atoms with Gasteiger partial charge in [-0.25, -0.2) is 9.78 Å². The molecule has 132 valence electrons. The average Bonchev–Trinajstić information content (AvgIpc) is 3.20. The Morgan fingerprint density at radius 3 is 2.80 bits per heavy atom. The minimum atomic E-state index is -0.959. The number of hydrogen-bond donors (Lipinski definition) is 1. The van der Waals surface area contributed by atoms with Crippen LogP contribution in [0.15, 0.2) is 24.3 Å². The summed E-state index contributed by atoms with van der Waals surface area (Å²) >= 11 is 7.08. The molecule has 1 aromatic carbocycles. The number of likely N-dealkylation sites (tertiary alicyclic amines) is 1. The average molecular weight is 381 g/mol. The number of hydrogen-bond acceptors (Lipinski definition) is 5. The highest BCUT2D eigenvalue weighted by Gasteiger charge is 2.35. The molecule has 1 saturated heterocycles. The number of benzene rings is 1. The van der Waals surface area contributed by atoms with Crippen molar-refractivity contribution in [3.8, 4) is 5.75 Å². The zero-order chi connectivity index (χ0) is 18.0. The fourth-order valence-corrected chi connectivity index (χ4v) is 3.85. The maximum atomic E-state index is 12.7. The molecule has 25 heavy (non-hydrogen) atoms. The number of carboxylic acids is 1. The molecule has 1 amide bonds. The molecule has 1 aromatic heterocycles. The Hall–Kier alpha value is -2.12. The summed E-state index contributed by atoms with van der Waals surface area (Å²) < 4.78 is 5.65. The molecule has 2 heterocycles. The molecule has 0 unspecified atom stereocenters. The van der Waals surface area contributed by atoms with Crippen molar-refractivity contribution in [2.45, 2.75) is 32.4 Å². The van der Waals surface area contributed by atoms with E-state index >= 15 is 0 Å². The van der Waals surface area contributed by atoms with Crippen molar-refractivity contribution < 1.29 is 19.4 Å². The van der Waals surface area contributed by atoms with E-state index < -0.39 is 12.0 Å². The fraction of sp³-hybridized carbons (Fsp3) is 0.353. The van der Waals surface area contributed by atoms with Crippen LogP contribution in [0.1, 0.15) is 33.2 Å². The van der Waals surface area contributed by atoms with Crippen LogP contribution in [0.2, 0.25) is 5.02 Å². The van der Waals surface area contributed by atoms with Crippen LogP contribution in [0.4, 0.5) is 0 Å². The number of nitrogens with zero attached hydrogens (tertiary/aromatic N) is 2. The van der Waals surface area contributed by atoms with Crippen LogP contribution in [-0.4, -0.2) is 39.5 Å². The third-order valence-electron chi connectivity index (χ3n) is 4.01. The quantitative estimate of drug-likeness (QED) is 0.860. The molecule has 3 rings (SSSR count). The lowest BCUT2D eigenvalue weighted by Crippen LogP contribution is -2.40. The van der Waals surface area contributed by atoms with Gasteiger partial charge < -0.3 is 14.7 Å². The van der Waals surface area contributed by atoms with Gasteiger partial charge in [0.05, 0.1) is 5.69 Å². The van der Waals surface area contributed by atoms with E-state index in [0.29, 0.717) is 45.7 Å². The predicted octanol–water partition coefficient (Wildman–Crippen LogP) is 3.37. The highest BCUT2D eigenvalue weighted by molar-refractivity contribution is 7.13. The Morgan fingerprint density at radius 2 is 2.12 bits per heavy atom. The van der Waals surface area contributed by atoms with E-state index in [-0.39, 0.29) is 12.5 Å². The van der Waals surface area contributed by atoms with Crippen LogP contribution < -0.4 is 4.74 Å². The highest BCUT2D eigenvalue weighted by Crippen LogP contribution is 2.26. The summed E-state index contributed by atoms with van der Waals surface area (Å²) in [5, 5.41) is 10.5. The number of thiazole rings is 1. The Bertz CT molecular complexity index is 790. The summed E-state index contributed by atoms with van der Waals surface area (Å²) in [6.45, 7) is 2.45. The Kier molecular flexibility index (Phi) is 5.24. The summed E-state index contributed by atoms with van der Waals surface area (Å²) in [6, 6.07) is 6.24. The van der Waals surface area contributed by atoms with Gasteiger partial charge in [0.15, 0.2) is 0 Å². The first kappa shape index (κ1) is 17.7. The summed E-state index contributed by atoms with van der Waals surface area (Å²) in [6.07, 6.45) is 1.19. The Morgan fingerprint density at radius 1 is 1.40 bits per heavy atom. The molecule has 0 spiro atoms. The van der Waals surface area contributed by atoms with E-state index in [1.54, 1.807) is 31.2 Å². The summed E-state index contributed by atoms with van der Waals surface area (Å²) in [5.74, 6) is -0.562. The number of carbonyl (C=O) groups is 2. The van der Waals surface area contributed by atoms with Crippen LogP contribution in [0, 0.1) is 6.92 Å². The minimum absolute atomic E-state index is 0.239. The largest absolute Gasteiger partial charge is 0.486 e. The van der Waals surface area contributed by atoms with Gasteiger partial charge in [0.25, 0.3) is 5.91 Å². The molecule has 2 aromatic rings. The van der Waals surface area contributed by atoms with Gasteiger partial charge in [-0.05, 0) is 44.0 Å². The maximum absolute atomic E-state index is 12.7. The molecule has 1 aliphatic rings. The molecule has 1 N–H and O–H groups in total. The second-order valence-electron chi connectivity index (χ2n) is 5.76. The van der Waals surface area contributed by atoms with E-state index in [9.17, 15) is 14.7 Å². The van der Waals surface area contributed by atoms with Gasteiger partial charge in [0.2, 0.25) is 0 Å². The molecular formula is C17H17ClN2O4S. The third-order valence-corrected chi connectivity index (χ3v) is 5.38. The van der Waals surface area contributed by atoms with Crippen LogP contribution in [0.25, 0.3) is 0 Å². The van der Waals surface area contributed by atoms with Crippen LogP contribution in [0.5, 0.6) is 5.75 Å². The molecule has 0 bridgehead atoms. The van der Waals surface area contributed by atoms with Crippen LogP contribution in [0.3, 0.4) is 0 Å². The van der Waals surface area contributed by atoms with Crippen LogP contribution >= 0.6 is 22.9 Å². The number of halogens is 1. The van der Waals surface area contributed by atoms with E-state index in [2.05, 4.69) is 4.98 Å². The molecule has 0 aliphatic carbocycles. The van der Waals surface area contributed by atoms with E-state index in [1.165, 1.54) is 16.2 Å². The van der Waals surface area contributed by atoms with Crippen LogP contribution in [-0.2, 0) is 11.4 Å². The van der Waals surface area contributed by atoms with Crippen molar-refractivity contribution in [2.75, 3.05) is 6.54 Å². The van der Waals surface area contributed by atoms with Crippen molar-refractivity contribution in [2.24, 2.45) is 0 Å². The number of amides is 1. The lowest BCUT2D eigenvalue weighted by molar-refractivity contribution is -0.141. The smallest absolute Gasteiger partial charge is 0.326 e.